The van der Waals surface area contributed by atoms with Crippen molar-refractivity contribution in [1.29, 1.82) is 0 Å². The van der Waals surface area contributed by atoms with Gasteiger partial charge >= 0.3 is 0 Å². The summed E-state index contributed by atoms with van der Waals surface area (Å²) in [5.74, 6) is 1.48. The first-order valence-electron chi connectivity index (χ1n) is 9.62. The van der Waals surface area contributed by atoms with Gasteiger partial charge in [-0.25, -0.2) is 4.99 Å². The molecule has 0 spiro atoms. The van der Waals surface area contributed by atoms with Crippen LogP contribution in [0.4, 0.5) is 0 Å². The average Bonchev–Trinajstić information content (AvgIpc) is 2.65. The molecule has 0 aliphatic carbocycles. The Morgan fingerprint density at radius 2 is 1.88 bits per heavy atom. The van der Waals surface area contributed by atoms with Crippen LogP contribution in [0.25, 0.3) is 0 Å². The predicted octanol–water partition coefficient (Wildman–Crippen LogP) is 2.27. The van der Waals surface area contributed by atoms with Gasteiger partial charge in [-0.05, 0) is 30.4 Å². The molecule has 0 amide bonds. The zero-order valence-electron chi connectivity index (χ0n) is 16.1. The van der Waals surface area contributed by atoms with Crippen LogP contribution in [-0.2, 0) is 17.7 Å². The second-order valence-corrected chi connectivity index (χ2v) is 6.72. The Morgan fingerprint density at radius 3 is 2.56 bits per heavy atom. The van der Waals surface area contributed by atoms with E-state index in [9.17, 15) is 0 Å². The van der Waals surface area contributed by atoms with Crippen molar-refractivity contribution in [2.24, 2.45) is 10.9 Å². The standard InChI is InChI=1S/C20H34N4O/c1-4-18-8-6-7-9-19(18)15-23-20(21-5-2)22-14-17(3)16-24-10-12-25-13-11-24/h6-9,17H,4-5,10-16H2,1-3H3,(H2,21,22,23). The number of morpholine rings is 1. The van der Waals surface area contributed by atoms with Crippen LogP contribution in [0.1, 0.15) is 31.9 Å². The highest BCUT2D eigenvalue weighted by Crippen LogP contribution is 2.10. The van der Waals surface area contributed by atoms with Crippen LogP contribution in [0.15, 0.2) is 29.3 Å². The summed E-state index contributed by atoms with van der Waals surface area (Å²) in [5.41, 5.74) is 2.69. The molecule has 1 fully saturated rings. The molecule has 1 unspecified atom stereocenters. The number of hydrogen-bond donors (Lipinski definition) is 2. The maximum absolute atomic E-state index is 5.42. The lowest BCUT2D eigenvalue weighted by Gasteiger charge is -2.29. The van der Waals surface area contributed by atoms with Crippen molar-refractivity contribution in [3.8, 4) is 0 Å². The molecular weight excluding hydrogens is 312 g/mol. The Hall–Kier alpha value is -1.59. The molecule has 1 heterocycles. The maximum Gasteiger partial charge on any atom is 0.191 e. The van der Waals surface area contributed by atoms with Gasteiger partial charge in [0.1, 0.15) is 0 Å². The lowest BCUT2D eigenvalue weighted by Crippen LogP contribution is -2.44. The predicted molar refractivity (Wildman–Crippen MR) is 105 cm³/mol. The molecule has 5 heteroatoms. The lowest BCUT2D eigenvalue weighted by atomic mass is 10.1. The Balaban J connectivity index is 1.84. The molecule has 0 radical (unpaired) electrons. The Morgan fingerprint density at radius 1 is 1.16 bits per heavy atom. The summed E-state index contributed by atoms with van der Waals surface area (Å²) in [6.07, 6.45) is 1.05. The van der Waals surface area contributed by atoms with Crippen molar-refractivity contribution in [2.75, 3.05) is 45.9 Å². The van der Waals surface area contributed by atoms with E-state index in [0.717, 1.165) is 64.9 Å². The first-order valence-corrected chi connectivity index (χ1v) is 9.62. The van der Waals surface area contributed by atoms with Crippen LogP contribution in [0, 0.1) is 5.92 Å². The van der Waals surface area contributed by atoms with E-state index >= 15 is 0 Å². The van der Waals surface area contributed by atoms with Crippen LogP contribution in [0.3, 0.4) is 0 Å². The molecule has 1 aliphatic rings. The molecule has 5 nitrogen and oxygen atoms in total. The Labute approximate surface area is 152 Å². The van der Waals surface area contributed by atoms with E-state index in [2.05, 4.69) is 60.6 Å². The lowest BCUT2D eigenvalue weighted by molar-refractivity contribution is 0.0320. The molecule has 0 saturated carbocycles. The summed E-state index contributed by atoms with van der Waals surface area (Å²) in [7, 11) is 0. The summed E-state index contributed by atoms with van der Waals surface area (Å²) in [5, 5.41) is 6.85. The van der Waals surface area contributed by atoms with E-state index in [-0.39, 0.29) is 0 Å². The second kappa shape index (κ2) is 11.1. The van der Waals surface area contributed by atoms with Gasteiger partial charge in [-0.1, -0.05) is 38.1 Å². The minimum Gasteiger partial charge on any atom is -0.379 e. The molecule has 1 saturated heterocycles. The molecule has 1 aliphatic heterocycles. The summed E-state index contributed by atoms with van der Waals surface area (Å²) >= 11 is 0. The summed E-state index contributed by atoms with van der Waals surface area (Å²) in [6.45, 7) is 14.0. The van der Waals surface area contributed by atoms with Crippen molar-refractivity contribution in [3.05, 3.63) is 35.4 Å². The maximum atomic E-state index is 5.42. The molecule has 140 valence electrons. The summed E-state index contributed by atoms with van der Waals surface area (Å²) < 4.78 is 5.42. The van der Waals surface area contributed by atoms with Crippen LogP contribution in [-0.4, -0.2) is 56.8 Å². The van der Waals surface area contributed by atoms with Crippen molar-refractivity contribution >= 4 is 5.96 Å². The number of guanidine groups is 1. The first kappa shape index (κ1) is 19.7. The summed E-state index contributed by atoms with van der Waals surface area (Å²) in [4.78, 5) is 7.26. The highest BCUT2D eigenvalue weighted by molar-refractivity contribution is 5.79. The fourth-order valence-corrected chi connectivity index (χ4v) is 3.12. The third kappa shape index (κ3) is 7.04. The average molecular weight is 347 g/mol. The topological polar surface area (TPSA) is 48.9 Å². The molecule has 2 N–H and O–H groups in total. The van der Waals surface area contributed by atoms with Crippen molar-refractivity contribution in [3.63, 3.8) is 0 Å². The normalized spacial score (nSPS) is 17.3. The van der Waals surface area contributed by atoms with Gasteiger partial charge in [-0.15, -0.1) is 0 Å². The van der Waals surface area contributed by atoms with E-state index < -0.39 is 0 Å². The van der Waals surface area contributed by atoms with Crippen LogP contribution in [0.2, 0.25) is 0 Å². The van der Waals surface area contributed by atoms with Gasteiger partial charge in [-0.2, -0.15) is 0 Å². The molecular formula is C20H34N4O. The highest BCUT2D eigenvalue weighted by Gasteiger charge is 2.14. The fraction of sp³-hybridized carbons (Fsp3) is 0.650. The van der Waals surface area contributed by atoms with E-state index in [0.29, 0.717) is 5.92 Å². The highest BCUT2D eigenvalue weighted by atomic mass is 16.5. The van der Waals surface area contributed by atoms with Crippen LogP contribution < -0.4 is 10.6 Å². The number of aliphatic imine (C=N–C) groups is 1. The third-order valence-electron chi connectivity index (χ3n) is 4.54. The zero-order valence-corrected chi connectivity index (χ0v) is 16.1. The van der Waals surface area contributed by atoms with Crippen molar-refractivity contribution in [1.82, 2.24) is 15.5 Å². The van der Waals surface area contributed by atoms with E-state index in [1.54, 1.807) is 0 Å². The zero-order chi connectivity index (χ0) is 17.9. The monoisotopic (exact) mass is 346 g/mol. The molecule has 25 heavy (non-hydrogen) atoms. The van der Waals surface area contributed by atoms with Gasteiger partial charge in [0, 0.05) is 32.7 Å². The van der Waals surface area contributed by atoms with Gasteiger partial charge in [0.2, 0.25) is 0 Å². The Bertz CT molecular complexity index is 526. The van der Waals surface area contributed by atoms with Gasteiger partial charge < -0.3 is 15.4 Å². The van der Waals surface area contributed by atoms with E-state index in [1.807, 2.05) is 0 Å². The number of hydrogen-bond acceptors (Lipinski definition) is 3. The smallest absolute Gasteiger partial charge is 0.191 e. The van der Waals surface area contributed by atoms with Gasteiger partial charge in [0.25, 0.3) is 0 Å². The SMILES string of the molecule is CCNC(=NCc1ccccc1CC)NCC(C)CN1CCOCC1. The van der Waals surface area contributed by atoms with E-state index in [1.165, 1.54) is 11.1 Å². The van der Waals surface area contributed by atoms with Gasteiger partial charge in [0.05, 0.1) is 19.8 Å². The van der Waals surface area contributed by atoms with E-state index in [4.69, 9.17) is 9.73 Å². The molecule has 2 rings (SSSR count). The molecule has 1 atom stereocenters. The van der Waals surface area contributed by atoms with Gasteiger partial charge in [-0.3, -0.25) is 4.90 Å². The molecule has 0 bridgehead atoms. The molecule has 0 aromatic heterocycles. The number of rotatable bonds is 8. The minimum absolute atomic E-state index is 0.574. The summed E-state index contributed by atoms with van der Waals surface area (Å²) in [6, 6.07) is 8.56. The molecule has 1 aromatic rings. The third-order valence-corrected chi connectivity index (χ3v) is 4.54. The second-order valence-electron chi connectivity index (χ2n) is 6.72. The van der Waals surface area contributed by atoms with Crippen LogP contribution in [0.5, 0.6) is 0 Å². The quantitative estimate of drug-likeness (QED) is 0.560. The van der Waals surface area contributed by atoms with Crippen molar-refractivity contribution < 1.29 is 4.74 Å². The van der Waals surface area contributed by atoms with Crippen molar-refractivity contribution in [2.45, 2.75) is 33.7 Å². The minimum atomic E-state index is 0.574. The fourth-order valence-electron chi connectivity index (χ4n) is 3.12. The largest absolute Gasteiger partial charge is 0.379 e. The van der Waals surface area contributed by atoms with Crippen LogP contribution >= 0.6 is 0 Å². The number of nitrogens with one attached hydrogen (secondary N) is 2. The number of benzene rings is 1. The number of ether oxygens (including phenoxy) is 1. The van der Waals surface area contributed by atoms with Gasteiger partial charge in [0.15, 0.2) is 5.96 Å². The first-order chi connectivity index (χ1) is 12.2. The molecule has 1 aromatic carbocycles. The number of aryl methyl sites for hydroxylation is 1. The Kier molecular flexibility index (Phi) is 8.77. The number of nitrogens with zero attached hydrogens (tertiary/aromatic N) is 2.